The monoisotopic (exact) mass is 940 g/mol. The zero-order valence-electron chi connectivity index (χ0n) is 37.4. The number of nitrogens with two attached hydrogens (primary N) is 4. The van der Waals surface area contributed by atoms with Crippen molar-refractivity contribution in [3.63, 3.8) is 0 Å². The van der Waals surface area contributed by atoms with Crippen LogP contribution < -0.4 is 79.1 Å². The third-order valence-electron chi connectivity index (χ3n) is 9.49. The summed E-state index contributed by atoms with van der Waals surface area (Å²) < 4.78 is 21.1. The standard InChI is InChI=1S/C44H52N12O12/c1-65-32-11-7-23(16-27(32)39(46)60)53-37(58)21-51-41(62)29-19-26(10-14-34(29)67-3)55-43(64)31(6-5-15-49-44(47)48)56-42(63)30-18-25(9-13-35(30)68-4)54-38(59)22-50-40(61)28-17-24(52-36(57)20-45)8-12-33(28)66-2/h7-14,16-19,31H,5-6,15,20-22,45H2,1-4H3,(H2,46,60)(H,50,61)(H,51,62)(H,52,57)(H,53,58)(H,54,59)(H,55,64)(H,56,63)(H4,47,48,49). The number of primary amides is 1. The molecule has 15 N–H and O–H groups in total. The lowest BCUT2D eigenvalue weighted by molar-refractivity contribution is -0.118. The first-order chi connectivity index (χ1) is 32.5. The van der Waals surface area contributed by atoms with Crippen molar-refractivity contribution in [2.24, 2.45) is 27.9 Å². The summed E-state index contributed by atoms with van der Waals surface area (Å²) in [5, 5.41) is 18.0. The highest BCUT2D eigenvalue weighted by Crippen LogP contribution is 2.27. The van der Waals surface area contributed by atoms with Crippen LogP contribution >= 0.6 is 0 Å². The summed E-state index contributed by atoms with van der Waals surface area (Å²) in [6, 6.07) is 15.7. The van der Waals surface area contributed by atoms with Gasteiger partial charge in [0.25, 0.3) is 23.6 Å². The van der Waals surface area contributed by atoms with Gasteiger partial charge in [-0.3, -0.25) is 43.3 Å². The Morgan fingerprint density at radius 3 is 1.31 bits per heavy atom. The van der Waals surface area contributed by atoms with Gasteiger partial charge in [0, 0.05) is 29.3 Å². The average Bonchev–Trinajstić information content (AvgIpc) is 3.32. The zero-order valence-corrected chi connectivity index (χ0v) is 37.4. The number of hydrogen-bond acceptors (Lipinski definition) is 14. The second-order valence-corrected chi connectivity index (χ2v) is 14.2. The van der Waals surface area contributed by atoms with E-state index in [0.717, 1.165) is 0 Å². The number of anilines is 4. The summed E-state index contributed by atoms with van der Waals surface area (Å²) in [6.45, 7) is -1.19. The molecule has 1 unspecified atom stereocenters. The van der Waals surface area contributed by atoms with Crippen molar-refractivity contribution in [1.82, 2.24) is 16.0 Å². The van der Waals surface area contributed by atoms with Crippen molar-refractivity contribution < 1.29 is 57.3 Å². The molecule has 24 nitrogen and oxygen atoms in total. The van der Waals surface area contributed by atoms with Crippen molar-refractivity contribution in [3.05, 3.63) is 95.1 Å². The molecule has 1 atom stereocenters. The molecule has 0 fully saturated rings. The predicted octanol–water partition coefficient (Wildman–Crippen LogP) is 0.245. The van der Waals surface area contributed by atoms with Crippen molar-refractivity contribution in [3.8, 4) is 23.0 Å². The number of nitrogens with zero attached hydrogens (tertiary/aromatic N) is 1. The number of guanidine groups is 1. The molecule has 0 aliphatic carbocycles. The number of rotatable bonds is 23. The molecular weight excluding hydrogens is 889 g/mol. The first-order valence-electron chi connectivity index (χ1n) is 20.4. The Hall–Kier alpha value is -8.93. The van der Waals surface area contributed by atoms with E-state index < -0.39 is 66.4 Å². The van der Waals surface area contributed by atoms with E-state index in [-0.39, 0.29) is 99.9 Å². The van der Waals surface area contributed by atoms with Gasteiger partial charge in [0.15, 0.2) is 5.96 Å². The van der Waals surface area contributed by atoms with E-state index in [0.29, 0.717) is 0 Å². The number of carbonyl (C=O) groups excluding carboxylic acids is 8. The number of benzene rings is 4. The Labute approximate surface area is 389 Å². The molecule has 4 rings (SSSR count). The van der Waals surface area contributed by atoms with Crippen LogP contribution in [0.25, 0.3) is 0 Å². The summed E-state index contributed by atoms with van der Waals surface area (Å²) in [4.78, 5) is 107. The van der Waals surface area contributed by atoms with Gasteiger partial charge in [-0.25, -0.2) is 0 Å². The smallest absolute Gasteiger partial charge is 0.255 e. The molecule has 0 bridgehead atoms. The SMILES string of the molecule is COc1ccc(NC(=O)CNC(=O)c2cc(NC(=O)C(CCCN=C(N)N)NC(=O)c3cc(NC(=O)CNC(=O)c4cc(NC(=O)CN)ccc4OC)ccc3OC)ccc2OC)cc1C(N)=O. The maximum atomic E-state index is 13.9. The molecule has 4 aromatic carbocycles. The van der Waals surface area contributed by atoms with E-state index in [9.17, 15) is 38.4 Å². The molecule has 0 aliphatic rings. The van der Waals surface area contributed by atoms with Gasteiger partial charge in [0.1, 0.15) is 29.0 Å². The zero-order chi connectivity index (χ0) is 49.9. The van der Waals surface area contributed by atoms with Crippen molar-refractivity contribution >= 4 is 76.0 Å². The Morgan fingerprint density at radius 2 is 0.912 bits per heavy atom. The molecule has 24 heteroatoms. The number of carbonyl (C=O) groups is 8. The number of ether oxygens (including phenoxy) is 4. The van der Waals surface area contributed by atoms with Crippen LogP contribution in [0.15, 0.2) is 77.8 Å². The van der Waals surface area contributed by atoms with Crippen molar-refractivity contribution in [1.29, 1.82) is 0 Å². The van der Waals surface area contributed by atoms with E-state index in [4.69, 9.17) is 41.9 Å². The van der Waals surface area contributed by atoms with Gasteiger partial charge in [-0.15, -0.1) is 0 Å². The maximum absolute atomic E-state index is 13.9. The predicted molar refractivity (Wildman–Crippen MR) is 250 cm³/mol. The molecule has 8 amide bonds. The molecule has 68 heavy (non-hydrogen) atoms. The molecular formula is C44H52N12O12. The third-order valence-corrected chi connectivity index (χ3v) is 9.49. The first kappa shape index (κ1) is 51.7. The molecule has 0 heterocycles. The number of nitrogens with one attached hydrogen (secondary N) is 7. The molecule has 0 aromatic heterocycles. The van der Waals surface area contributed by atoms with Crippen LogP contribution in [0.1, 0.15) is 54.3 Å². The Balaban J connectivity index is 1.46. The highest BCUT2D eigenvalue weighted by Gasteiger charge is 2.25. The second kappa shape index (κ2) is 24.9. The fourth-order valence-electron chi connectivity index (χ4n) is 6.24. The minimum atomic E-state index is -1.23. The minimum Gasteiger partial charge on any atom is -0.496 e. The van der Waals surface area contributed by atoms with Crippen LogP contribution in [0.3, 0.4) is 0 Å². The van der Waals surface area contributed by atoms with Crippen LogP contribution in [0.4, 0.5) is 22.7 Å². The highest BCUT2D eigenvalue weighted by atomic mass is 16.5. The summed E-state index contributed by atoms with van der Waals surface area (Å²) in [5.74, 6) is -5.13. The number of hydrogen-bond donors (Lipinski definition) is 11. The van der Waals surface area contributed by atoms with E-state index >= 15 is 0 Å². The van der Waals surface area contributed by atoms with Crippen LogP contribution in [0.2, 0.25) is 0 Å². The fourth-order valence-corrected chi connectivity index (χ4v) is 6.24. The highest BCUT2D eigenvalue weighted by molar-refractivity contribution is 6.06. The van der Waals surface area contributed by atoms with E-state index in [2.05, 4.69) is 42.2 Å². The summed E-state index contributed by atoms with van der Waals surface area (Å²) in [5.41, 5.74) is 22.4. The van der Waals surface area contributed by atoms with E-state index in [1.165, 1.54) is 101 Å². The first-order valence-corrected chi connectivity index (χ1v) is 20.4. The van der Waals surface area contributed by atoms with Crippen molar-refractivity contribution in [2.45, 2.75) is 18.9 Å². The van der Waals surface area contributed by atoms with Gasteiger partial charge in [0.05, 0.1) is 70.3 Å². The molecule has 0 saturated carbocycles. The molecule has 0 saturated heterocycles. The largest absolute Gasteiger partial charge is 0.496 e. The van der Waals surface area contributed by atoms with Crippen LogP contribution in [-0.2, 0) is 19.2 Å². The molecule has 360 valence electrons. The second-order valence-electron chi connectivity index (χ2n) is 14.2. The van der Waals surface area contributed by atoms with Gasteiger partial charge in [-0.05, 0) is 85.6 Å². The number of methoxy groups -OCH3 is 4. The van der Waals surface area contributed by atoms with Crippen molar-refractivity contribution in [2.75, 3.05) is 75.9 Å². The molecule has 0 spiro atoms. The quantitative estimate of drug-likeness (QED) is 0.0270. The number of amides is 8. The van der Waals surface area contributed by atoms with Crippen LogP contribution in [0, 0.1) is 0 Å². The minimum absolute atomic E-state index is 0.0214. The van der Waals surface area contributed by atoms with Gasteiger partial charge >= 0.3 is 0 Å². The third kappa shape index (κ3) is 14.8. The maximum Gasteiger partial charge on any atom is 0.255 e. The van der Waals surface area contributed by atoms with Gasteiger partial charge in [-0.1, -0.05) is 0 Å². The summed E-state index contributed by atoms with van der Waals surface area (Å²) in [6.07, 6.45) is 0.250. The lowest BCUT2D eigenvalue weighted by Gasteiger charge is -2.20. The Bertz CT molecular complexity index is 2580. The van der Waals surface area contributed by atoms with Gasteiger partial charge in [0.2, 0.25) is 23.6 Å². The lowest BCUT2D eigenvalue weighted by Crippen LogP contribution is -2.44. The molecule has 4 aromatic rings. The van der Waals surface area contributed by atoms with Gasteiger partial charge in [-0.2, -0.15) is 0 Å². The normalized spacial score (nSPS) is 10.8. The Morgan fingerprint density at radius 1 is 0.529 bits per heavy atom. The van der Waals surface area contributed by atoms with Crippen LogP contribution in [-0.4, -0.2) is 114 Å². The topological polar surface area (TPSA) is 374 Å². The Kier molecular flexibility index (Phi) is 19.0. The average molecular weight is 941 g/mol. The van der Waals surface area contributed by atoms with E-state index in [1.54, 1.807) is 0 Å². The number of aliphatic imine (C=N–C) groups is 1. The fraction of sp³-hybridized carbons (Fsp3) is 0.250. The van der Waals surface area contributed by atoms with E-state index in [1.807, 2.05) is 0 Å². The summed E-state index contributed by atoms with van der Waals surface area (Å²) in [7, 11) is 5.34. The lowest BCUT2D eigenvalue weighted by atomic mass is 10.1. The van der Waals surface area contributed by atoms with Gasteiger partial charge < -0.3 is 79.1 Å². The molecule has 0 radical (unpaired) electrons. The molecule has 0 aliphatic heterocycles. The summed E-state index contributed by atoms with van der Waals surface area (Å²) >= 11 is 0. The van der Waals surface area contributed by atoms with Crippen LogP contribution in [0.5, 0.6) is 23.0 Å².